The third-order valence-corrected chi connectivity index (χ3v) is 4.00. The molecule has 0 fully saturated rings. The molecule has 0 amide bonds. The number of unbranched alkanes of at least 4 members (excludes halogenated alkanes) is 4. The average Bonchev–Trinajstić information content (AvgIpc) is 2.41. The van der Waals surface area contributed by atoms with Crippen molar-refractivity contribution in [3.8, 4) is 0 Å². The SMILES string of the molecule is CCCCCCCC(=O)OC[N+](CC)(CC)CC. The number of ether oxygens (including phenoxy) is 1. The zero-order chi connectivity index (χ0) is 13.9. The average molecular weight is 258 g/mol. The normalized spacial score (nSPS) is 11.6. The van der Waals surface area contributed by atoms with Crippen LogP contribution in [0.3, 0.4) is 0 Å². The first-order chi connectivity index (χ1) is 8.64. The van der Waals surface area contributed by atoms with E-state index in [0.717, 1.165) is 37.0 Å². The van der Waals surface area contributed by atoms with Crippen molar-refractivity contribution in [2.24, 2.45) is 0 Å². The van der Waals surface area contributed by atoms with Gasteiger partial charge in [-0.2, -0.15) is 0 Å². The minimum Gasteiger partial charge on any atom is -0.415 e. The Labute approximate surface area is 113 Å². The highest BCUT2D eigenvalue weighted by atomic mass is 16.5. The molecule has 0 radical (unpaired) electrons. The molecule has 18 heavy (non-hydrogen) atoms. The van der Waals surface area contributed by atoms with Crippen molar-refractivity contribution in [1.82, 2.24) is 0 Å². The van der Waals surface area contributed by atoms with E-state index in [9.17, 15) is 4.79 Å². The van der Waals surface area contributed by atoms with Crippen molar-refractivity contribution in [1.29, 1.82) is 0 Å². The second kappa shape index (κ2) is 10.4. The van der Waals surface area contributed by atoms with Crippen molar-refractivity contribution >= 4 is 5.97 Å². The first-order valence-electron chi connectivity index (χ1n) is 7.64. The standard InChI is InChI=1S/C15H32NO2/c1-5-9-10-11-12-13-15(17)18-14-16(6-2,7-3)8-4/h5-14H2,1-4H3/q+1. The Morgan fingerprint density at radius 2 is 1.44 bits per heavy atom. The number of hydrogen-bond acceptors (Lipinski definition) is 2. The van der Waals surface area contributed by atoms with Gasteiger partial charge in [-0.1, -0.05) is 32.6 Å². The van der Waals surface area contributed by atoms with Crippen LogP contribution in [0.4, 0.5) is 0 Å². The van der Waals surface area contributed by atoms with Crippen LogP contribution in [0.5, 0.6) is 0 Å². The summed E-state index contributed by atoms with van der Waals surface area (Å²) in [7, 11) is 0. The Hall–Kier alpha value is -0.570. The molecule has 0 aliphatic carbocycles. The summed E-state index contributed by atoms with van der Waals surface area (Å²) in [4.78, 5) is 11.6. The van der Waals surface area contributed by atoms with E-state index in [1.807, 2.05) is 0 Å². The summed E-state index contributed by atoms with van der Waals surface area (Å²) in [5.74, 6) is -0.0238. The number of carbonyl (C=O) groups is 1. The minimum atomic E-state index is -0.0238. The van der Waals surface area contributed by atoms with Crippen molar-refractivity contribution < 1.29 is 14.0 Å². The maximum Gasteiger partial charge on any atom is 0.310 e. The first kappa shape index (κ1) is 17.4. The zero-order valence-electron chi connectivity index (χ0n) is 12.8. The lowest BCUT2D eigenvalue weighted by Crippen LogP contribution is -2.49. The predicted octanol–water partition coefficient (Wildman–Crippen LogP) is 3.72. The van der Waals surface area contributed by atoms with Gasteiger partial charge in [0.1, 0.15) is 0 Å². The van der Waals surface area contributed by atoms with Gasteiger partial charge in [-0.15, -0.1) is 0 Å². The fourth-order valence-electron chi connectivity index (χ4n) is 2.10. The lowest BCUT2D eigenvalue weighted by atomic mass is 10.1. The summed E-state index contributed by atoms with van der Waals surface area (Å²) in [6, 6.07) is 0. The van der Waals surface area contributed by atoms with Gasteiger partial charge in [0.15, 0.2) is 0 Å². The summed E-state index contributed by atoms with van der Waals surface area (Å²) < 4.78 is 6.30. The molecule has 0 unspecified atom stereocenters. The largest absolute Gasteiger partial charge is 0.415 e. The van der Waals surface area contributed by atoms with Crippen LogP contribution in [0.2, 0.25) is 0 Å². The zero-order valence-corrected chi connectivity index (χ0v) is 12.8. The number of nitrogens with zero attached hydrogens (tertiary/aromatic N) is 1. The molecule has 0 saturated carbocycles. The van der Waals surface area contributed by atoms with E-state index < -0.39 is 0 Å². The van der Waals surface area contributed by atoms with E-state index in [1.165, 1.54) is 19.3 Å². The van der Waals surface area contributed by atoms with E-state index in [0.29, 0.717) is 13.2 Å². The van der Waals surface area contributed by atoms with Crippen molar-refractivity contribution in [3.63, 3.8) is 0 Å². The third kappa shape index (κ3) is 7.00. The fourth-order valence-corrected chi connectivity index (χ4v) is 2.10. The molecule has 0 N–H and O–H groups in total. The molecule has 3 nitrogen and oxygen atoms in total. The Morgan fingerprint density at radius 3 is 1.94 bits per heavy atom. The van der Waals surface area contributed by atoms with Gasteiger partial charge in [0.2, 0.25) is 6.73 Å². The molecule has 3 heteroatoms. The summed E-state index contributed by atoms with van der Waals surface area (Å²) >= 11 is 0. The molecule has 0 aromatic carbocycles. The van der Waals surface area contributed by atoms with E-state index >= 15 is 0 Å². The summed E-state index contributed by atoms with van der Waals surface area (Å²) in [5, 5.41) is 0. The lowest BCUT2D eigenvalue weighted by Gasteiger charge is -2.34. The molecule has 0 aliphatic heterocycles. The van der Waals surface area contributed by atoms with E-state index in [1.54, 1.807) is 0 Å². The maximum atomic E-state index is 11.6. The van der Waals surface area contributed by atoms with Crippen molar-refractivity contribution in [3.05, 3.63) is 0 Å². The van der Waals surface area contributed by atoms with E-state index in [-0.39, 0.29) is 5.97 Å². The molecule has 0 bridgehead atoms. The topological polar surface area (TPSA) is 26.3 Å². The molecule has 0 spiro atoms. The maximum absolute atomic E-state index is 11.6. The van der Waals surface area contributed by atoms with Gasteiger partial charge < -0.3 is 4.74 Å². The highest BCUT2D eigenvalue weighted by Gasteiger charge is 2.22. The molecule has 0 rings (SSSR count). The fraction of sp³-hybridized carbons (Fsp3) is 0.933. The quantitative estimate of drug-likeness (QED) is 0.244. The third-order valence-electron chi connectivity index (χ3n) is 4.00. The number of esters is 1. The monoisotopic (exact) mass is 258 g/mol. The van der Waals surface area contributed by atoms with Crippen LogP contribution in [0.1, 0.15) is 66.2 Å². The predicted molar refractivity (Wildman–Crippen MR) is 76.2 cm³/mol. The van der Waals surface area contributed by atoms with Crippen molar-refractivity contribution in [2.45, 2.75) is 66.2 Å². The first-order valence-corrected chi connectivity index (χ1v) is 7.64. The molecule has 0 aromatic rings. The van der Waals surface area contributed by atoms with Gasteiger partial charge in [0, 0.05) is 6.42 Å². The van der Waals surface area contributed by atoms with Crippen LogP contribution in [-0.4, -0.2) is 36.8 Å². The van der Waals surface area contributed by atoms with Crippen molar-refractivity contribution in [2.75, 3.05) is 26.4 Å². The van der Waals surface area contributed by atoms with Gasteiger partial charge in [-0.05, 0) is 27.2 Å². The molecule has 0 aliphatic rings. The molecule has 108 valence electrons. The Morgan fingerprint density at radius 1 is 0.889 bits per heavy atom. The van der Waals surface area contributed by atoms with Gasteiger partial charge in [0.25, 0.3) is 0 Å². The van der Waals surface area contributed by atoms with Gasteiger partial charge in [-0.3, -0.25) is 9.28 Å². The van der Waals surface area contributed by atoms with Gasteiger partial charge in [0.05, 0.1) is 19.6 Å². The molecule has 0 heterocycles. The number of rotatable bonds is 11. The molecule has 0 atom stereocenters. The van der Waals surface area contributed by atoms with Crippen LogP contribution in [0.25, 0.3) is 0 Å². The highest BCUT2D eigenvalue weighted by Crippen LogP contribution is 2.09. The van der Waals surface area contributed by atoms with Crippen LogP contribution in [0, 0.1) is 0 Å². The second-order valence-corrected chi connectivity index (χ2v) is 5.10. The van der Waals surface area contributed by atoms with E-state index in [4.69, 9.17) is 4.74 Å². The molecular formula is C15H32NO2+. The molecule has 0 saturated heterocycles. The number of quaternary nitrogens is 1. The lowest BCUT2D eigenvalue weighted by molar-refractivity contribution is -0.938. The van der Waals surface area contributed by atoms with Gasteiger partial charge in [-0.25, -0.2) is 0 Å². The second-order valence-electron chi connectivity index (χ2n) is 5.10. The summed E-state index contributed by atoms with van der Waals surface area (Å²) in [6.07, 6.45) is 6.47. The summed E-state index contributed by atoms with van der Waals surface area (Å²) in [5.41, 5.74) is 0. The highest BCUT2D eigenvalue weighted by molar-refractivity contribution is 5.69. The molecule has 0 aromatic heterocycles. The minimum absolute atomic E-state index is 0.0238. The van der Waals surface area contributed by atoms with Crippen LogP contribution < -0.4 is 0 Å². The Balaban J connectivity index is 3.74. The number of carbonyl (C=O) groups excluding carboxylic acids is 1. The smallest absolute Gasteiger partial charge is 0.310 e. The number of hydrogen-bond donors (Lipinski definition) is 0. The molecular weight excluding hydrogens is 226 g/mol. The summed E-state index contributed by atoms with van der Waals surface area (Å²) in [6.45, 7) is 12.3. The Bertz CT molecular complexity index is 204. The van der Waals surface area contributed by atoms with E-state index in [2.05, 4.69) is 27.7 Å². The van der Waals surface area contributed by atoms with Crippen LogP contribution in [-0.2, 0) is 9.53 Å². The Kier molecular flexibility index (Phi) is 10.0. The van der Waals surface area contributed by atoms with Gasteiger partial charge >= 0.3 is 5.97 Å². The van der Waals surface area contributed by atoms with Crippen LogP contribution in [0.15, 0.2) is 0 Å². The van der Waals surface area contributed by atoms with Crippen LogP contribution >= 0.6 is 0 Å².